The van der Waals surface area contributed by atoms with Crippen molar-refractivity contribution in [3.05, 3.63) is 12.2 Å². The lowest BCUT2D eigenvalue weighted by atomic mass is 10.1. The van der Waals surface area contributed by atoms with Crippen molar-refractivity contribution < 1.29 is 19.0 Å². The van der Waals surface area contributed by atoms with Crippen molar-refractivity contribution in [3.63, 3.8) is 0 Å². The van der Waals surface area contributed by atoms with Gasteiger partial charge in [-0.1, -0.05) is 71.3 Å². The molecule has 1 unspecified atom stereocenters. The molecule has 0 amide bonds. The molecule has 0 spiro atoms. The highest BCUT2D eigenvalue weighted by molar-refractivity contribution is 7.57. The Hall–Kier alpha value is -0.600. The minimum absolute atomic E-state index is 0.296. The molecule has 1 atom stereocenters. The average molecular weight is 375 g/mol. The highest BCUT2D eigenvalue weighted by atomic mass is 31.2. The minimum Gasteiger partial charge on any atom is -0.462 e. The number of hydrogen-bond acceptors (Lipinski definition) is 3. The predicted molar refractivity (Wildman–Crippen MR) is 106 cm³/mol. The second kappa shape index (κ2) is 15.6. The van der Waals surface area contributed by atoms with Gasteiger partial charge in [-0.05, 0) is 26.2 Å². The van der Waals surface area contributed by atoms with Crippen molar-refractivity contribution in [2.75, 3.05) is 18.9 Å². The van der Waals surface area contributed by atoms with Crippen LogP contribution in [0.15, 0.2) is 12.2 Å². The summed E-state index contributed by atoms with van der Waals surface area (Å²) in [5, 5.41) is 0. The SMILES string of the molecule is C=C(C)C(=O)OCCCCP(=O)(O)CCCCCCCCCCCC. The van der Waals surface area contributed by atoms with Gasteiger partial charge in [-0.15, -0.1) is 0 Å². The van der Waals surface area contributed by atoms with E-state index in [4.69, 9.17) is 4.74 Å². The Labute approximate surface area is 154 Å². The van der Waals surface area contributed by atoms with Crippen LogP contribution < -0.4 is 0 Å². The van der Waals surface area contributed by atoms with E-state index in [2.05, 4.69) is 13.5 Å². The van der Waals surface area contributed by atoms with Crippen molar-refractivity contribution in [2.45, 2.75) is 90.9 Å². The fraction of sp³-hybridized carbons (Fsp3) is 0.850. The lowest BCUT2D eigenvalue weighted by molar-refractivity contribution is -0.139. The molecule has 25 heavy (non-hydrogen) atoms. The van der Waals surface area contributed by atoms with Crippen LogP contribution in [-0.4, -0.2) is 29.8 Å². The average Bonchev–Trinajstić information content (AvgIpc) is 2.55. The quantitative estimate of drug-likeness (QED) is 0.145. The van der Waals surface area contributed by atoms with Gasteiger partial charge in [0.1, 0.15) is 0 Å². The first-order valence-electron chi connectivity index (χ1n) is 10.0. The summed E-state index contributed by atoms with van der Waals surface area (Å²) in [6, 6.07) is 0. The number of unbranched alkanes of at least 4 members (excludes halogenated alkanes) is 10. The molecule has 0 aromatic rings. The number of carbonyl (C=O) groups is 1. The first-order chi connectivity index (χ1) is 11.9. The van der Waals surface area contributed by atoms with Crippen LogP contribution in [0.3, 0.4) is 0 Å². The standard InChI is InChI=1S/C20H39O4P/c1-4-5-6-7-8-9-10-11-12-14-17-25(22,23)18-15-13-16-24-20(21)19(2)3/h2,4-18H2,1,3H3,(H,22,23). The van der Waals surface area contributed by atoms with Gasteiger partial charge in [0.05, 0.1) is 6.61 Å². The van der Waals surface area contributed by atoms with E-state index in [0.717, 1.165) is 12.8 Å². The third-order valence-electron chi connectivity index (χ3n) is 4.34. The lowest BCUT2D eigenvalue weighted by Crippen LogP contribution is -2.06. The van der Waals surface area contributed by atoms with Crippen LogP contribution in [0.5, 0.6) is 0 Å². The Kier molecular flexibility index (Phi) is 15.3. The number of rotatable bonds is 17. The largest absolute Gasteiger partial charge is 0.462 e. The Bertz CT molecular complexity index is 407. The predicted octanol–water partition coefficient (Wildman–Crippen LogP) is 6.08. The Balaban J connectivity index is 3.47. The van der Waals surface area contributed by atoms with E-state index >= 15 is 0 Å². The molecule has 0 aromatic heterocycles. The first kappa shape index (κ1) is 24.4. The molecule has 0 aliphatic rings. The normalized spacial score (nSPS) is 13.4. The Morgan fingerprint density at radius 1 is 0.880 bits per heavy atom. The second-order valence-corrected chi connectivity index (χ2v) is 9.69. The summed E-state index contributed by atoms with van der Waals surface area (Å²) < 4.78 is 17.1. The molecule has 0 saturated carbocycles. The third kappa shape index (κ3) is 16.6. The second-order valence-electron chi connectivity index (χ2n) is 7.10. The van der Waals surface area contributed by atoms with Crippen molar-refractivity contribution in [1.29, 1.82) is 0 Å². The van der Waals surface area contributed by atoms with Gasteiger partial charge < -0.3 is 9.63 Å². The smallest absolute Gasteiger partial charge is 0.333 e. The lowest BCUT2D eigenvalue weighted by Gasteiger charge is -2.11. The first-order valence-corrected chi connectivity index (χ1v) is 12.1. The number of hydrogen-bond donors (Lipinski definition) is 1. The monoisotopic (exact) mass is 374 g/mol. The van der Waals surface area contributed by atoms with E-state index in [0.29, 0.717) is 37.3 Å². The van der Waals surface area contributed by atoms with Crippen molar-refractivity contribution in [1.82, 2.24) is 0 Å². The molecule has 0 rings (SSSR count). The molecule has 0 fully saturated rings. The van der Waals surface area contributed by atoms with Gasteiger partial charge in [-0.3, -0.25) is 4.57 Å². The summed E-state index contributed by atoms with van der Waals surface area (Å²) in [6.45, 7) is 7.65. The van der Waals surface area contributed by atoms with Crippen LogP contribution in [0.25, 0.3) is 0 Å². The summed E-state index contributed by atoms with van der Waals surface area (Å²) in [7, 11) is -3.01. The summed E-state index contributed by atoms with van der Waals surface area (Å²) in [6.07, 6.45) is 14.3. The molecule has 5 heteroatoms. The molecule has 0 aromatic carbocycles. The number of esters is 1. The van der Waals surface area contributed by atoms with Gasteiger partial charge in [-0.25, -0.2) is 4.79 Å². The fourth-order valence-electron chi connectivity index (χ4n) is 2.71. The van der Waals surface area contributed by atoms with Gasteiger partial charge in [0.25, 0.3) is 0 Å². The summed E-state index contributed by atoms with van der Waals surface area (Å²) >= 11 is 0. The molecule has 0 saturated heterocycles. The van der Waals surface area contributed by atoms with Crippen LogP contribution in [0.4, 0.5) is 0 Å². The maximum atomic E-state index is 12.1. The van der Waals surface area contributed by atoms with Crippen LogP contribution in [-0.2, 0) is 14.1 Å². The van der Waals surface area contributed by atoms with E-state index in [-0.39, 0.29) is 0 Å². The van der Waals surface area contributed by atoms with Crippen molar-refractivity contribution in [2.24, 2.45) is 0 Å². The van der Waals surface area contributed by atoms with Gasteiger partial charge in [0.15, 0.2) is 0 Å². The molecule has 0 bridgehead atoms. The zero-order valence-electron chi connectivity index (χ0n) is 16.4. The molecular weight excluding hydrogens is 335 g/mol. The maximum Gasteiger partial charge on any atom is 0.333 e. The van der Waals surface area contributed by atoms with Gasteiger partial charge in [-0.2, -0.15) is 0 Å². The summed E-state index contributed by atoms with van der Waals surface area (Å²) in [5.41, 5.74) is 0.383. The van der Waals surface area contributed by atoms with Gasteiger partial charge in [0, 0.05) is 17.9 Å². The van der Waals surface area contributed by atoms with Crippen LogP contribution >= 0.6 is 7.37 Å². The van der Waals surface area contributed by atoms with E-state index < -0.39 is 13.3 Å². The molecule has 1 N–H and O–H groups in total. The summed E-state index contributed by atoms with van der Waals surface area (Å²) in [5.74, 6) is -0.391. The molecule has 0 aliphatic heterocycles. The third-order valence-corrected chi connectivity index (χ3v) is 6.37. The number of ether oxygens (including phenoxy) is 1. The number of carbonyl (C=O) groups excluding carboxylic acids is 1. The van der Waals surface area contributed by atoms with E-state index in [1.807, 2.05) is 0 Å². The highest BCUT2D eigenvalue weighted by Gasteiger charge is 2.16. The van der Waals surface area contributed by atoms with Crippen molar-refractivity contribution in [3.8, 4) is 0 Å². The molecule has 0 heterocycles. The topological polar surface area (TPSA) is 63.6 Å². The molecule has 0 radical (unpaired) electrons. The van der Waals surface area contributed by atoms with E-state index in [1.165, 1.54) is 51.4 Å². The van der Waals surface area contributed by atoms with E-state index in [1.54, 1.807) is 6.92 Å². The maximum absolute atomic E-state index is 12.1. The van der Waals surface area contributed by atoms with Crippen LogP contribution in [0.1, 0.15) is 90.9 Å². The van der Waals surface area contributed by atoms with Crippen LogP contribution in [0.2, 0.25) is 0 Å². The van der Waals surface area contributed by atoms with Crippen molar-refractivity contribution >= 4 is 13.3 Å². The molecular formula is C20H39O4P. The molecule has 148 valence electrons. The summed E-state index contributed by atoms with van der Waals surface area (Å²) in [4.78, 5) is 21.2. The fourth-order valence-corrected chi connectivity index (χ4v) is 4.37. The Morgan fingerprint density at radius 3 is 1.80 bits per heavy atom. The van der Waals surface area contributed by atoms with Gasteiger partial charge >= 0.3 is 5.97 Å². The molecule has 4 nitrogen and oxygen atoms in total. The Morgan fingerprint density at radius 2 is 1.32 bits per heavy atom. The van der Waals surface area contributed by atoms with Gasteiger partial charge in [0.2, 0.25) is 7.37 Å². The van der Waals surface area contributed by atoms with Crippen LogP contribution in [0, 0.1) is 0 Å². The minimum atomic E-state index is -3.01. The molecule has 0 aliphatic carbocycles. The van der Waals surface area contributed by atoms with E-state index in [9.17, 15) is 14.3 Å². The highest BCUT2D eigenvalue weighted by Crippen LogP contribution is 2.42. The zero-order chi connectivity index (χ0) is 19.0. The zero-order valence-corrected chi connectivity index (χ0v) is 17.3.